The van der Waals surface area contributed by atoms with Crippen molar-refractivity contribution >= 4 is 28.7 Å². The van der Waals surface area contributed by atoms with Gasteiger partial charge in [-0.25, -0.2) is 8.78 Å². The Morgan fingerprint density at radius 1 is 1.11 bits per heavy atom. The predicted octanol–water partition coefficient (Wildman–Crippen LogP) is 4.25. The lowest BCUT2D eigenvalue weighted by molar-refractivity contribution is 0.586. The third kappa shape index (κ3) is 2.54. The number of anilines is 3. The molecule has 0 amide bonds. The second kappa shape index (κ2) is 4.82. The molecule has 0 aromatic heterocycles. The van der Waals surface area contributed by atoms with Crippen LogP contribution in [0.1, 0.15) is 5.56 Å². The number of aryl methyl sites for hydroxylation is 1. The number of benzene rings is 2. The van der Waals surface area contributed by atoms with E-state index in [4.69, 9.17) is 17.3 Å². The Morgan fingerprint density at radius 3 is 2.50 bits per heavy atom. The fourth-order valence-electron chi connectivity index (χ4n) is 1.62. The topological polar surface area (TPSA) is 38.0 Å². The number of rotatable bonds is 2. The van der Waals surface area contributed by atoms with E-state index in [-0.39, 0.29) is 5.69 Å². The SMILES string of the molecule is Cc1cc(N)c(Cl)c(Nc2ccc(F)cc2F)c1. The summed E-state index contributed by atoms with van der Waals surface area (Å²) in [5, 5.41) is 3.11. The number of nitrogens with one attached hydrogen (secondary N) is 1. The number of hydrogen-bond acceptors (Lipinski definition) is 2. The van der Waals surface area contributed by atoms with Gasteiger partial charge in [0, 0.05) is 6.07 Å². The third-order valence-corrected chi connectivity index (χ3v) is 2.87. The molecule has 0 aliphatic rings. The van der Waals surface area contributed by atoms with E-state index in [1.165, 1.54) is 12.1 Å². The summed E-state index contributed by atoms with van der Waals surface area (Å²) in [5.74, 6) is -1.32. The van der Waals surface area contributed by atoms with Gasteiger partial charge in [-0.05, 0) is 36.8 Å². The van der Waals surface area contributed by atoms with Crippen LogP contribution < -0.4 is 11.1 Å². The zero-order chi connectivity index (χ0) is 13.3. The molecule has 18 heavy (non-hydrogen) atoms. The first-order valence-electron chi connectivity index (χ1n) is 5.25. The number of halogens is 3. The molecule has 0 radical (unpaired) electrons. The van der Waals surface area contributed by atoms with E-state index in [1.54, 1.807) is 12.1 Å². The van der Waals surface area contributed by atoms with Gasteiger partial charge in [-0.2, -0.15) is 0 Å². The molecule has 3 N–H and O–H groups in total. The smallest absolute Gasteiger partial charge is 0.149 e. The zero-order valence-corrected chi connectivity index (χ0v) is 10.4. The van der Waals surface area contributed by atoms with Crippen molar-refractivity contribution in [3.05, 3.63) is 52.6 Å². The highest BCUT2D eigenvalue weighted by atomic mass is 35.5. The molecular formula is C13H11ClF2N2. The van der Waals surface area contributed by atoms with Crippen LogP contribution in [0.2, 0.25) is 5.02 Å². The van der Waals surface area contributed by atoms with Crippen LogP contribution in [0, 0.1) is 18.6 Å². The van der Waals surface area contributed by atoms with Crippen LogP contribution in [0.3, 0.4) is 0 Å². The summed E-state index contributed by atoms with van der Waals surface area (Å²) < 4.78 is 26.3. The average molecular weight is 269 g/mol. The Bertz CT molecular complexity index is 600. The van der Waals surface area contributed by atoms with Crippen molar-refractivity contribution in [1.29, 1.82) is 0 Å². The molecule has 0 spiro atoms. The first-order chi connectivity index (χ1) is 8.47. The first kappa shape index (κ1) is 12.6. The lowest BCUT2D eigenvalue weighted by atomic mass is 10.2. The highest BCUT2D eigenvalue weighted by Crippen LogP contribution is 2.32. The monoisotopic (exact) mass is 268 g/mol. The van der Waals surface area contributed by atoms with Gasteiger partial charge in [-0.3, -0.25) is 0 Å². The van der Waals surface area contributed by atoms with Gasteiger partial charge >= 0.3 is 0 Å². The molecule has 0 saturated carbocycles. The van der Waals surface area contributed by atoms with Crippen molar-refractivity contribution in [2.24, 2.45) is 0 Å². The summed E-state index contributed by atoms with van der Waals surface area (Å²) in [4.78, 5) is 0. The molecule has 2 rings (SSSR count). The van der Waals surface area contributed by atoms with E-state index in [9.17, 15) is 8.78 Å². The first-order valence-corrected chi connectivity index (χ1v) is 5.63. The molecule has 0 unspecified atom stereocenters. The van der Waals surface area contributed by atoms with Crippen molar-refractivity contribution in [1.82, 2.24) is 0 Å². The standard InChI is InChI=1S/C13H11ClF2N2/c1-7-4-10(17)13(14)12(5-7)18-11-3-2-8(15)6-9(11)16/h2-6,18H,17H2,1H3. The van der Waals surface area contributed by atoms with E-state index in [1.807, 2.05) is 6.92 Å². The Hall–Kier alpha value is -1.81. The Morgan fingerprint density at radius 2 is 1.83 bits per heavy atom. The predicted molar refractivity (Wildman–Crippen MR) is 70.2 cm³/mol. The number of nitrogens with two attached hydrogens (primary N) is 1. The Balaban J connectivity index is 2.40. The fourth-order valence-corrected chi connectivity index (χ4v) is 1.78. The maximum absolute atomic E-state index is 13.5. The van der Waals surface area contributed by atoms with E-state index in [2.05, 4.69) is 5.32 Å². The van der Waals surface area contributed by atoms with Gasteiger partial charge in [0.15, 0.2) is 0 Å². The molecule has 0 aliphatic heterocycles. The lowest BCUT2D eigenvalue weighted by Crippen LogP contribution is -1.98. The van der Waals surface area contributed by atoms with Crippen LogP contribution in [0.5, 0.6) is 0 Å². The molecule has 0 saturated heterocycles. The fraction of sp³-hybridized carbons (Fsp3) is 0.0769. The molecule has 0 atom stereocenters. The zero-order valence-electron chi connectivity index (χ0n) is 9.60. The van der Waals surface area contributed by atoms with Crippen molar-refractivity contribution in [2.75, 3.05) is 11.1 Å². The summed E-state index contributed by atoms with van der Waals surface area (Å²) >= 11 is 6.01. The molecule has 5 heteroatoms. The minimum atomic E-state index is -0.689. The van der Waals surface area contributed by atoms with Crippen LogP contribution in [0.15, 0.2) is 30.3 Å². The summed E-state index contributed by atoms with van der Waals surface area (Å²) in [6, 6.07) is 6.73. The van der Waals surface area contributed by atoms with Crippen molar-refractivity contribution < 1.29 is 8.78 Å². The molecular weight excluding hydrogens is 258 g/mol. The van der Waals surface area contributed by atoms with Gasteiger partial charge in [0.2, 0.25) is 0 Å². The van der Waals surface area contributed by atoms with Gasteiger partial charge in [0.25, 0.3) is 0 Å². The van der Waals surface area contributed by atoms with E-state index < -0.39 is 11.6 Å². The maximum Gasteiger partial charge on any atom is 0.149 e. The number of hydrogen-bond donors (Lipinski definition) is 2. The Labute approximate surface area is 108 Å². The third-order valence-electron chi connectivity index (χ3n) is 2.45. The maximum atomic E-state index is 13.5. The summed E-state index contributed by atoms with van der Waals surface area (Å²) in [5.41, 5.74) is 7.63. The second-order valence-corrected chi connectivity index (χ2v) is 4.34. The van der Waals surface area contributed by atoms with Gasteiger partial charge in [-0.15, -0.1) is 0 Å². The summed E-state index contributed by atoms with van der Waals surface area (Å²) in [6.45, 7) is 1.85. The van der Waals surface area contributed by atoms with Crippen LogP contribution in [-0.4, -0.2) is 0 Å². The molecule has 2 aromatic rings. The van der Waals surface area contributed by atoms with E-state index in [0.717, 1.165) is 11.6 Å². The molecule has 94 valence electrons. The Kier molecular flexibility index (Phi) is 3.39. The number of nitrogen functional groups attached to an aromatic ring is 1. The minimum absolute atomic E-state index is 0.142. The molecule has 0 bridgehead atoms. The largest absolute Gasteiger partial charge is 0.397 e. The lowest BCUT2D eigenvalue weighted by Gasteiger charge is -2.12. The van der Waals surface area contributed by atoms with Crippen molar-refractivity contribution in [3.8, 4) is 0 Å². The molecule has 0 fully saturated rings. The highest BCUT2D eigenvalue weighted by molar-refractivity contribution is 6.35. The normalized spacial score (nSPS) is 10.4. The van der Waals surface area contributed by atoms with Gasteiger partial charge in [-0.1, -0.05) is 11.6 Å². The summed E-state index contributed by atoms with van der Waals surface area (Å²) in [7, 11) is 0. The minimum Gasteiger partial charge on any atom is -0.397 e. The van der Waals surface area contributed by atoms with Crippen LogP contribution in [0.4, 0.5) is 25.8 Å². The van der Waals surface area contributed by atoms with Gasteiger partial charge in [0.1, 0.15) is 11.6 Å². The van der Waals surface area contributed by atoms with Crippen molar-refractivity contribution in [2.45, 2.75) is 6.92 Å². The van der Waals surface area contributed by atoms with E-state index >= 15 is 0 Å². The molecule has 2 aromatic carbocycles. The van der Waals surface area contributed by atoms with Crippen LogP contribution in [0.25, 0.3) is 0 Å². The molecule has 2 nitrogen and oxygen atoms in total. The summed E-state index contributed by atoms with van der Waals surface area (Å²) in [6.07, 6.45) is 0. The van der Waals surface area contributed by atoms with Crippen molar-refractivity contribution in [3.63, 3.8) is 0 Å². The quantitative estimate of drug-likeness (QED) is 0.799. The average Bonchev–Trinajstić information content (AvgIpc) is 2.29. The second-order valence-electron chi connectivity index (χ2n) is 3.96. The molecule has 0 aliphatic carbocycles. The van der Waals surface area contributed by atoms with Gasteiger partial charge < -0.3 is 11.1 Å². The molecule has 0 heterocycles. The highest BCUT2D eigenvalue weighted by Gasteiger charge is 2.09. The van der Waals surface area contributed by atoms with Crippen LogP contribution in [-0.2, 0) is 0 Å². The van der Waals surface area contributed by atoms with Gasteiger partial charge in [0.05, 0.1) is 22.1 Å². The van der Waals surface area contributed by atoms with Crippen LogP contribution >= 0.6 is 11.6 Å². The van der Waals surface area contributed by atoms with E-state index in [0.29, 0.717) is 16.4 Å².